The molecule has 0 aliphatic heterocycles. The molecular formula is C16H17ClFN. The van der Waals surface area contributed by atoms with Gasteiger partial charge in [-0.2, -0.15) is 0 Å². The molecule has 0 saturated carbocycles. The Labute approximate surface area is 118 Å². The maximum absolute atomic E-state index is 13.5. The van der Waals surface area contributed by atoms with Gasteiger partial charge in [0.05, 0.1) is 5.02 Å². The van der Waals surface area contributed by atoms with Gasteiger partial charge in [-0.3, -0.25) is 0 Å². The standard InChI is InChI=1S/C16H17ClFN/c1-10-6-13(7-11(2)14(10)9-19-3)12-4-5-15(17)16(18)8-12/h4-8,19H,9H2,1-3H3. The first kappa shape index (κ1) is 14.0. The number of halogens is 2. The fourth-order valence-corrected chi connectivity index (χ4v) is 2.41. The molecule has 0 heterocycles. The van der Waals surface area contributed by atoms with E-state index in [1.807, 2.05) is 13.1 Å². The van der Waals surface area contributed by atoms with Crippen LogP contribution in [0.2, 0.25) is 5.02 Å². The van der Waals surface area contributed by atoms with Gasteiger partial charge >= 0.3 is 0 Å². The summed E-state index contributed by atoms with van der Waals surface area (Å²) in [6.07, 6.45) is 0. The Morgan fingerprint density at radius 3 is 2.21 bits per heavy atom. The molecule has 1 nitrogen and oxygen atoms in total. The lowest BCUT2D eigenvalue weighted by Gasteiger charge is -2.13. The summed E-state index contributed by atoms with van der Waals surface area (Å²) >= 11 is 5.71. The van der Waals surface area contributed by atoms with E-state index in [1.54, 1.807) is 6.07 Å². The Balaban J connectivity index is 2.48. The topological polar surface area (TPSA) is 12.0 Å². The van der Waals surface area contributed by atoms with Gasteiger partial charge in [0.25, 0.3) is 0 Å². The van der Waals surface area contributed by atoms with Crippen molar-refractivity contribution in [2.75, 3.05) is 7.05 Å². The Kier molecular flexibility index (Phi) is 4.23. The monoisotopic (exact) mass is 277 g/mol. The molecule has 0 bridgehead atoms. The van der Waals surface area contributed by atoms with Crippen molar-refractivity contribution in [2.24, 2.45) is 0 Å². The normalized spacial score (nSPS) is 10.8. The Morgan fingerprint density at radius 2 is 1.68 bits per heavy atom. The van der Waals surface area contributed by atoms with Crippen molar-refractivity contribution in [1.29, 1.82) is 0 Å². The lowest BCUT2D eigenvalue weighted by molar-refractivity contribution is 0.629. The third kappa shape index (κ3) is 2.96. The molecule has 0 saturated heterocycles. The first-order valence-corrected chi connectivity index (χ1v) is 6.61. The van der Waals surface area contributed by atoms with Crippen LogP contribution in [0.3, 0.4) is 0 Å². The maximum atomic E-state index is 13.5. The number of aryl methyl sites for hydroxylation is 2. The van der Waals surface area contributed by atoms with Crippen LogP contribution >= 0.6 is 11.6 Å². The molecule has 100 valence electrons. The van der Waals surface area contributed by atoms with E-state index in [2.05, 4.69) is 31.3 Å². The van der Waals surface area contributed by atoms with Gasteiger partial charge in [-0.05, 0) is 60.8 Å². The van der Waals surface area contributed by atoms with Crippen LogP contribution < -0.4 is 5.32 Å². The van der Waals surface area contributed by atoms with Gasteiger partial charge in [-0.1, -0.05) is 29.8 Å². The van der Waals surface area contributed by atoms with Crippen LogP contribution in [-0.4, -0.2) is 7.05 Å². The van der Waals surface area contributed by atoms with Gasteiger partial charge in [0.1, 0.15) is 5.82 Å². The van der Waals surface area contributed by atoms with Gasteiger partial charge in [0.15, 0.2) is 0 Å². The molecule has 19 heavy (non-hydrogen) atoms. The molecule has 0 aromatic heterocycles. The minimum atomic E-state index is -0.381. The Morgan fingerprint density at radius 1 is 1.05 bits per heavy atom. The molecule has 0 atom stereocenters. The highest BCUT2D eigenvalue weighted by atomic mass is 35.5. The van der Waals surface area contributed by atoms with Crippen LogP contribution in [0.1, 0.15) is 16.7 Å². The van der Waals surface area contributed by atoms with Gasteiger partial charge < -0.3 is 5.32 Å². The molecule has 0 amide bonds. The van der Waals surface area contributed by atoms with Crippen LogP contribution in [0.4, 0.5) is 4.39 Å². The third-order valence-electron chi connectivity index (χ3n) is 3.30. The van der Waals surface area contributed by atoms with Crippen LogP contribution in [0.15, 0.2) is 30.3 Å². The SMILES string of the molecule is CNCc1c(C)cc(-c2ccc(Cl)c(F)c2)cc1C. The van der Waals surface area contributed by atoms with Crippen molar-refractivity contribution < 1.29 is 4.39 Å². The van der Waals surface area contributed by atoms with Crippen LogP contribution in [-0.2, 0) is 6.54 Å². The quantitative estimate of drug-likeness (QED) is 0.872. The van der Waals surface area contributed by atoms with E-state index in [1.165, 1.54) is 22.8 Å². The highest BCUT2D eigenvalue weighted by molar-refractivity contribution is 6.30. The highest BCUT2D eigenvalue weighted by Gasteiger charge is 2.08. The fraction of sp³-hybridized carbons (Fsp3) is 0.250. The minimum Gasteiger partial charge on any atom is -0.316 e. The minimum absolute atomic E-state index is 0.156. The largest absolute Gasteiger partial charge is 0.316 e. The zero-order valence-electron chi connectivity index (χ0n) is 11.3. The maximum Gasteiger partial charge on any atom is 0.142 e. The molecule has 2 aromatic carbocycles. The number of nitrogens with one attached hydrogen (secondary N) is 1. The zero-order chi connectivity index (χ0) is 14.0. The van der Waals surface area contributed by atoms with Crippen LogP contribution in [0.5, 0.6) is 0 Å². The van der Waals surface area contributed by atoms with Crippen molar-refractivity contribution in [2.45, 2.75) is 20.4 Å². The van der Waals surface area contributed by atoms with Crippen molar-refractivity contribution in [3.05, 3.63) is 57.9 Å². The van der Waals surface area contributed by atoms with E-state index in [-0.39, 0.29) is 10.8 Å². The van der Waals surface area contributed by atoms with E-state index in [0.29, 0.717) is 0 Å². The van der Waals surface area contributed by atoms with Crippen LogP contribution in [0.25, 0.3) is 11.1 Å². The van der Waals surface area contributed by atoms with Gasteiger partial charge in [0, 0.05) is 6.54 Å². The predicted octanol–water partition coefficient (Wildman–Crippen LogP) is 4.48. The fourth-order valence-electron chi connectivity index (χ4n) is 2.29. The number of rotatable bonds is 3. The average molecular weight is 278 g/mol. The summed E-state index contributed by atoms with van der Waals surface area (Å²) in [5.41, 5.74) is 5.58. The molecule has 0 spiro atoms. The molecular weight excluding hydrogens is 261 g/mol. The summed E-state index contributed by atoms with van der Waals surface area (Å²) in [5.74, 6) is -0.381. The summed E-state index contributed by atoms with van der Waals surface area (Å²) in [4.78, 5) is 0. The summed E-state index contributed by atoms with van der Waals surface area (Å²) in [5, 5.41) is 3.32. The summed E-state index contributed by atoms with van der Waals surface area (Å²) in [6, 6.07) is 9.09. The third-order valence-corrected chi connectivity index (χ3v) is 3.61. The van der Waals surface area contributed by atoms with Gasteiger partial charge in [0.2, 0.25) is 0 Å². The first-order chi connectivity index (χ1) is 9.02. The molecule has 2 aromatic rings. The van der Waals surface area contributed by atoms with E-state index in [0.717, 1.165) is 17.7 Å². The zero-order valence-corrected chi connectivity index (χ0v) is 12.1. The molecule has 0 unspecified atom stereocenters. The molecule has 0 radical (unpaired) electrons. The van der Waals surface area contributed by atoms with E-state index >= 15 is 0 Å². The molecule has 0 fully saturated rings. The van der Waals surface area contributed by atoms with E-state index in [4.69, 9.17) is 11.6 Å². The summed E-state index contributed by atoms with van der Waals surface area (Å²) in [6.45, 7) is 5.00. The van der Waals surface area contributed by atoms with E-state index < -0.39 is 0 Å². The average Bonchev–Trinajstić information content (AvgIpc) is 2.37. The molecule has 1 N–H and O–H groups in total. The second-order valence-corrected chi connectivity index (χ2v) is 5.16. The van der Waals surface area contributed by atoms with Crippen molar-refractivity contribution >= 4 is 11.6 Å². The molecule has 0 aliphatic carbocycles. The summed E-state index contributed by atoms with van der Waals surface area (Å²) in [7, 11) is 1.93. The van der Waals surface area contributed by atoms with Gasteiger partial charge in [-0.15, -0.1) is 0 Å². The molecule has 3 heteroatoms. The second-order valence-electron chi connectivity index (χ2n) is 4.75. The van der Waals surface area contributed by atoms with Crippen molar-refractivity contribution in [3.8, 4) is 11.1 Å². The lowest BCUT2D eigenvalue weighted by atomic mass is 9.95. The van der Waals surface area contributed by atoms with Crippen molar-refractivity contribution in [3.63, 3.8) is 0 Å². The molecule has 2 rings (SSSR count). The second kappa shape index (κ2) is 5.72. The number of hydrogen-bond acceptors (Lipinski definition) is 1. The highest BCUT2D eigenvalue weighted by Crippen LogP contribution is 2.27. The number of hydrogen-bond donors (Lipinski definition) is 1. The Bertz CT molecular complexity index is 585. The lowest BCUT2D eigenvalue weighted by Crippen LogP contribution is -2.08. The van der Waals surface area contributed by atoms with E-state index in [9.17, 15) is 4.39 Å². The van der Waals surface area contributed by atoms with Gasteiger partial charge in [-0.25, -0.2) is 4.39 Å². The Hall–Kier alpha value is -1.38. The molecule has 0 aliphatic rings. The van der Waals surface area contributed by atoms with Crippen molar-refractivity contribution in [1.82, 2.24) is 5.32 Å². The summed E-state index contributed by atoms with van der Waals surface area (Å²) < 4.78 is 13.5. The number of benzene rings is 2. The van der Waals surface area contributed by atoms with Crippen LogP contribution in [0, 0.1) is 19.7 Å². The smallest absolute Gasteiger partial charge is 0.142 e. The first-order valence-electron chi connectivity index (χ1n) is 6.23. The predicted molar refractivity (Wildman–Crippen MR) is 79.1 cm³/mol.